The molecule has 0 saturated heterocycles. The molecule has 0 bridgehead atoms. The smallest absolute Gasteiger partial charge is 0.251 e. The van der Waals surface area contributed by atoms with Crippen molar-refractivity contribution in [3.63, 3.8) is 0 Å². The van der Waals surface area contributed by atoms with E-state index < -0.39 is 0 Å². The van der Waals surface area contributed by atoms with Gasteiger partial charge in [0.1, 0.15) is 0 Å². The van der Waals surface area contributed by atoms with E-state index in [1.165, 1.54) is 0 Å². The Bertz CT molecular complexity index is 963. The maximum Gasteiger partial charge on any atom is 0.251 e. The van der Waals surface area contributed by atoms with Crippen LogP contribution in [0.15, 0.2) is 36.4 Å². The topological polar surface area (TPSA) is 58.2 Å². The summed E-state index contributed by atoms with van der Waals surface area (Å²) < 4.78 is 0. The van der Waals surface area contributed by atoms with Gasteiger partial charge in [-0.15, -0.1) is 0 Å². The fourth-order valence-electron chi connectivity index (χ4n) is 4.56. The lowest BCUT2D eigenvalue weighted by atomic mass is 9.79. The molecule has 2 aromatic carbocycles. The largest absolute Gasteiger partial charge is 0.347 e. The van der Waals surface area contributed by atoms with Crippen LogP contribution in [0, 0.1) is 6.92 Å². The zero-order valence-electron chi connectivity index (χ0n) is 17.1. The first-order valence-electron chi connectivity index (χ1n) is 10.1. The molecule has 2 amide bonds. The van der Waals surface area contributed by atoms with Crippen molar-refractivity contribution in [3.05, 3.63) is 53.1 Å². The Balaban J connectivity index is 1.71. The monoisotopic (exact) mass is 376 g/mol. The maximum atomic E-state index is 12.7. The molecule has 1 saturated carbocycles. The number of hydrogen-bond acceptors (Lipinski definition) is 2. The fourth-order valence-corrected chi connectivity index (χ4v) is 4.56. The number of anilines is 1. The van der Waals surface area contributed by atoms with Crippen LogP contribution in [0.2, 0.25) is 0 Å². The summed E-state index contributed by atoms with van der Waals surface area (Å²) in [7, 11) is 0. The van der Waals surface area contributed by atoms with Crippen LogP contribution in [0.25, 0.3) is 11.1 Å². The lowest BCUT2D eigenvalue weighted by Gasteiger charge is -2.21. The summed E-state index contributed by atoms with van der Waals surface area (Å²) in [6.45, 7) is 7.97. The molecule has 1 aliphatic heterocycles. The van der Waals surface area contributed by atoms with Gasteiger partial charge in [0.25, 0.3) is 5.91 Å². The first-order valence-corrected chi connectivity index (χ1v) is 10.1. The van der Waals surface area contributed by atoms with Gasteiger partial charge in [-0.25, -0.2) is 0 Å². The van der Waals surface area contributed by atoms with E-state index in [1.807, 2.05) is 45.9 Å². The van der Waals surface area contributed by atoms with Gasteiger partial charge in [-0.1, -0.05) is 31.0 Å². The summed E-state index contributed by atoms with van der Waals surface area (Å²) in [5, 5.41) is 6.13. The lowest BCUT2D eigenvalue weighted by molar-refractivity contribution is -0.120. The van der Waals surface area contributed by atoms with Gasteiger partial charge in [-0.2, -0.15) is 0 Å². The second-order valence-electron chi connectivity index (χ2n) is 9.24. The molecule has 2 N–H and O–H groups in total. The lowest BCUT2D eigenvalue weighted by Crippen LogP contribution is -2.40. The predicted octanol–water partition coefficient (Wildman–Crippen LogP) is 4.95. The molecule has 1 fully saturated rings. The molecule has 1 spiro atoms. The molecular weight excluding hydrogens is 348 g/mol. The van der Waals surface area contributed by atoms with Gasteiger partial charge in [0.2, 0.25) is 5.91 Å². The normalized spacial score (nSPS) is 17.5. The number of nitrogens with one attached hydrogen (secondary N) is 2. The number of rotatable bonds is 2. The Morgan fingerprint density at radius 2 is 1.79 bits per heavy atom. The van der Waals surface area contributed by atoms with E-state index in [2.05, 4.69) is 28.8 Å². The summed E-state index contributed by atoms with van der Waals surface area (Å²) in [6.07, 6.45) is 4.09. The van der Waals surface area contributed by atoms with E-state index in [0.717, 1.165) is 53.6 Å². The number of amides is 2. The Morgan fingerprint density at radius 3 is 2.46 bits per heavy atom. The van der Waals surface area contributed by atoms with Crippen LogP contribution in [0.5, 0.6) is 0 Å². The molecule has 0 unspecified atom stereocenters. The van der Waals surface area contributed by atoms with Gasteiger partial charge < -0.3 is 10.6 Å². The standard InChI is InChI=1S/C24H28N2O2/c1-15-7-8-17(21(27)26-23(2,3)4)13-18(15)16-9-10-19-20(14-16)25-22(28)24(19)11-5-6-12-24/h7-10,13-14H,5-6,11-12H2,1-4H3,(H,25,28)(H,26,27). The summed E-state index contributed by atoms with van der Waals surface area (Å²) in [6, 6.07) is 12.1. The van der Waals surface area contributed by atoms with Crippen molar-refractivity contribution < 1.29 is 9.59 Å². The molecule has 1 aliphatic carbocycles. The minimum Gasteiger partial charge on any atom is -0.347 e. The molecule has 0 atom stereocenters. The van der Waals surface area contributed by atoms with Crippen LogP contribution in [-0.2, 0) is 10.2 Å². The van der Waals surface area contributed by atoms with Gasteiger partial charge >= 0.3 is 0 Å². The average Bonchev–Trinajstić information content (AvgIpc) is 3.20. The third-order valence-corrected chi connectivity index (χ3v) is 5.97. The van der Waals surface area contributed by atoms with Crippen LogP contribution in [0.3, 0.4) is 0 Å². The molecule has 4 rings (SSSR count). The van der Waals surface area contributed by atoms with Crippen LogP contribution in [-0.4, -0.2) is 17.4 Å². The summed E-state index contributed by atoms with van der Waals surface area (Å²) in [4.78, 5) is 25.3. The summed E-state index contributed by atoms with van der Waals surface area (Å²) in [5.74, 6) is 0.0697. The molecule has 28 heavy (non-hydrogen) atoms. The van der Waals surface area contributed by atoms with E-state index in [-0.39, 0.29) is 22.8 Å². The van der Waals surface area contributed by atoms with Crippen LogP contribution in [0.4, 0.5) is 5.69 Å². The van der Waals surface area contributed by atoms with Crippen molar-refractivity contribution in [2.24, 2.45) is 0 Å². The highest BCUT2D eigenvalue weighted by molar-refractivity contribution is 6.07. The highest BCUT2D eigenvalue weighted by atomic mass is 16.2. The van der Waals surface area contributed by atoms with E-state index in [0.29, 0.717) is 5.56 Å². The Morgan fingerprint density at radius 1 is 1.07 bits per heavy atom. The molecular formula is C24H28N2O2. The predicted molar refractivity (Wildman–Crippen MR) is 113 cm³/mol. The van der Waals surface area contributed by atoms with E-state index in [1.54, 1.807) is 0 Å². The molecule has 2 aliphatic rings. The second kappa shape index (κ2) is 6.47. The van der Waals surface area contributed by atoms with Crippen molar-refractivity contribution in [2.45, 2.75) is 64.3 Å². The van der Waals surface area contributed by atoms with Gasteiger partial charge in [0.15, 0.2) is 0 Å². The van der Waals surface area contributed by atoms with Crippen molar-refractivity contribution in [1.82, 2.24) is 5.32 Å². The molecule has 0 aromatic heterocycles. The van der Waals surface area contributed by atoms with E-state index >= 15 is 0 Å². The highest BCUT2D eigenvalue weighted by Gasteiger charge is 2.48. The number of fused-ring (bicyclic) bond motifs is 2. The Kier molecular flexibility index (Phi) is 4.33. The molecule has 1 heterocycles. The molecule has 146 valence electrons. The zero-order valence-corrected chi connectivity index (χ0v) is 17.1. The molecule has 4 heteroatoms. The first-order chi connectivity index (χ1) is 13.2. The van der Waals surface area contributed by atoms with Gasteiger partial charge in [0.05, 0.1) is 5.41 Å². The second-order valence-corrected chi connectivity index (χ2v) is 9.24. The third-order valence-electron chi connectivity index (χ3n) is 5.97. The van der Waals surface area contributed by atoms with Gasteiger partial charge in [0, 0.05) is 16.8 Å². The first kappa shape index (κ1) is 18.7. The van der Waals surface area contributed by atoms with Crippen molar-refractivity contribution in [3.8, 4) is 11.1 Å². The number of benzene rings is 2. The van der Waals surface area contributed by atoms with Crippen LogP contribution < -0.4 is 10.6 Å². The number of carbonyl (C=O) groups is 2. The highest BCUT2D eigenvalue weighted by Crippen LogP contribution is 2.49. The van der Waals surface area contributed by atoms with E-state index in [9.17, 15) is 9.59 Å². The minimum atomic E-state index is -0.322. The van der Waals surface area contributed by atoms with Gasteiger partial charge in [-0.3, -0.25) is 9.59 Å². The minimum absolute atomic E-state index is 0.0758. The number of carbonyl (C=O) groups excluding carboxylic acids is 2. The SMILES string of the molecule is Cc1ccc(C(=O)NC(C)(C)C)cc1-c1ccc2c(c1)NC(=O)C21CCCC1. The summed E-state index contributed by atoms with van der Waals surface area (Å²) >= 11 is 0. The zero-order chi connectivity index (χ0) is 20.1. The fraction of sp³-hybridized carbons (Fsp3) is 0.417. The Hall–Kier alpha value is -2.62. The molecule has 4 nitrogen and oxygen atoms in total. The quantitative estimate of drug-likeness (QED) is 0.779. The van der Waals surface area contributed by atoms with E-state index in [4.69, 9.17) is 0 Å². The van der Waals surface area contributed by atoms with Crippen LogP contribution >= 0.6 is 0 Å². The van der Waals surface area contributed by atoms with Crippen molar-refractivity contribution in [2.75, 3.05) is 5.32 Å². The summed E-state index contributed by atoms with van der Waals surface area (Å²) in [5.41, 5.74) is 5.25. The molecule has 0 radical (unpaired) electrons. The average molecular weight is 377 g/mol. The number of aryl methyl sites for hydroxylation is 1. The third kappa shape index (κ3) is 3.11. The Labute approximate surface area is 166 Å². The van der Waals surface area contributed by atoms with Crippen LogP contribution in [0.1, 0.15) is 67.9 Å². The maximum absolute atomic E-state index is 12.7. The van der Waals surface area contributed by atoms with Crippen molar-refractivity contribution in [1.29, 1.82) is 0 Å². The number of hydrogen-bond donors (Lipinski definition) is 2. The molecule has 2 aromatic rings. The van der Waals surface area contributed by atoms with Gasteiger partial charge in [-0.05, 0) is 81.0 Å². The van der Waals surface area contributed by atoms with Crippen molar-refractivity contribution >= 4 is 17.5 Å².